The van der Waals surface area contributed by atoms with Crippen LogP contribution in [0.5, 0.6) is 0 Å². The smallest absolute Gasteiger partial charge is 0.320 e. The van der Waals surface area contributed by atoms with Crippen molar-refractivity contribution in [2.24, 2.45) is 5.92 Å². The van der Waals surface area contributed by atoms with E-state index in [0.29, 0.717) is 24.3 Å². The van der Waals surface area contributed by atoms with Gasteiger partial charge < -0.3 is 5.11 Å². The first kappa shape index (κ1) is 17.2. The second-order valence-electron chi connectivity index (χ2n) is 7.32. The molecule has 0 unspecified atom stereocenters. The van der Waals surface area contributed by atoms with Crippen LogP contribution in [0.25, 0.3) is 0 Å². The molecular weight excluding hydrogens is 302 g/mol. The van der Waals surface area contributed by atoms with Gasteiger partial charge in [0.15, 0.2) is 0 Å². The van der Waals surface area contributed by atoms with E-state index in [2.05, 4.69) is 17.0 Å². The van der Waals surface area contributed by atoms with E-state index in [-0.39, 0.29) is 6.04 Å². The number of hydrogen-bond donors (Lipinski definition) is 1. The lowest BCUT2D eigenvalue weighted by Crippen LogP contribution is -2.40. The number of nitrogens with zero attached hydrogens (tertiary/aromatic N) is 1. The fraction of sp³-hybridized carbons (Fsp3) is 0.600. The van der Waals surface area contributed by atoms with Crippen molar-refractivity contribution in [1.29, 1.82) is 0 Å². The molecule has 1 aliphatic carbocycles. The zero-order valence-corrected chi connectivity index (χ0v) is 14.2. The van der Waals surface area contributed by atoms with Crippen molar-refractivity contribution in [3.63, 3.8) is 0 Å². The van der Waals surface area contributed by atoms with Crippen molar-refractivity contribution >= 4 is 11.8 Å². The zero-order chi connectivity index (χ0) is 16.9. The molecule has 4 nitrogen and oxygen atoms in total. The average Bonchev–Trinajstić information content (AvgIpc) is 2.97. The highest BCUT2D eigenvalue weighted by Crippen LogP contribution is 2.33. The van der Waals surface area contributed by atoms with Crippen LogP contribution < -0.4 is 0 Å². The lowest BCUT2D eigenvalue weighted by atomic mass is 9.84. The average molecular weight is 329 g/mol. The molecule has 1 saturated heterocycles. The quantitative estimate of drug-likeness (QED) is 0.865. The summed E-state index contributed by atoms with van der Waals surface area (Å²) in [5.41, 5.74) is 1.17. The van der Waals surface area contributed by atoms with Gasteiger partial charge in [0, 0.05) is 25.4 Å². The van der Waals surface area contributed by atoms with Crippen molar-refractivity contribution in [2.75, 3.05) is 0 Å². The number of rotatable bonds is 6. The third-order valence-electron chi connectivity index (χ3n) is 5.63. The van der Waals surface area contributed by atoms with E-state index >= 15 is 0 Å². The molecule has 0 aromatic heterocycles. The molecule has 0 amide bonds. The van der Waals surface area contributed by atoms with Gasteiger partial charge in [-0.3, -0.25) is 14.5 Å². The lowest BCUT2D eigenvalue weighted by Gasteiger charge is -2.30. The second kappa shape index (κ2) is 7.93. The number of benzene rings is 1. The van der Waals surface area contributed by atoms with Crippen LogP contribution >= 0.6 is 0 Å². The van der Waals surface area contributed by atoms with E-state index in [9.17, 15) is 14.7 Å². The number of hydrogen-bond acceptors (Lipinski definition) is 3. The zero-order valence-electron chi connectivity index (χ0n) is 14.2. The van der Waals surface area contributed by atoms with Gasteiger partial charge in [-0.15, -0.1) is 0 Å². The van der Waals surface area contributed by atoms with E-state index in [1.807, 2.05) is 18.2 Å². The maximum atomic E-state index is 11.6. The Morgan fingerprint density at radius 2 is 1.92 bits per heavy atom. The summed E-state index contributed by atoms with van der Waals surface area (Å²) in [6, 6.07) is 10.1. The molecule has 1 heterocycles. The Morgan fingerprint density at radius 3 is 2.62 bits per heavy atom. The molecule has 2 aliphatic rings. The summed E-state index contributed by atoms with van der Waals surface area (Å²) >= 11 is 0. The molecule has 0 bridgehead atoms. The van der Waals surface area contributed by atoms with Crippen molar-refractivity contribution in [1.82, 2.24) is 4.90 Å². The third kappa shape index (κ3) is 4.23. The molecule has 130 valence electrons. The molecule has 1 aromatic carbocycles. The topological polar surface area (TPSA) is 57.6 Å². The SMILES string of the molecule is O=C1CCC[C@H](CC[C@@H]2CC[C@H](C(=O)O)N2Cc2ccccc2)C1. The van der Waals surface area contributed by atoms with Gasteiger partial charge in [-0.1, -0.05) is 30.3 Å². The molecule has 24 heavy (non-hydrogen) atoms. The second-order valence-corrected chi connectivity index (χ2v) is 7.32. The minimum absolute atomic E-state index is 0.323. The minimum atomic E-state index is -0.707. The number of Topliss-reactive ketones (excluding diaryl/α,β-unsaturated/α-hetero) is 1. The summed E-state index contributed by atoms with van der Waals surface area (Å²) in [7, 11) is 0. The summed E-state index contributed by atoms with van der Waals surface area (Å²) in [5.74, 6) is 0.206. The highest BCUT2D eigenvalue weighted by molar-refractivity contribution is 5.79. The van der Waals surface area contributed by atoms with E-state index < -0.39 is 5.97 Å². The fourth-order valence-electron chi connectivity index (χ4n) is 4.33. The van der Waals surface area contributed by atoms with Crippen LogP contribution in [0.15, 0.2) is 30.3 Å². The predicted octanol–water partition coefficient (Wildman–Crippen LogP) is 3.64. The van der Waals surface area contributed by atoms with Crippen LogP contribution in [0.1, 0.15) is 56.9 Å². The molecule has 3 rings (SSSR count). The van der Waals surface area contributed by atoms with E-state index in [1.165, 1.54) is 5.56 Å². The Bertz CT molecular complexity index is 572. The van der Waals surface area contributed by atoms with Crippen molar-refractivity contribution in [3.05, 3.63) is 35.9 Å². The Balaban J connectivity index is 1.62. The number of carboxylic acid groups (broad SMARTS) is 1. The van der Waals surface area contributed by atoms with Crippen molar-refractivity contribution in [3.8, 4) is 0 Å². The van der Waals surface area contributed by atoms with Crippen LogP contribution in [0.3, 0.4) is 0 Å². The Hall–Kier alpha value is -1.68. The molecular formula is C20H27NO3. The first-order chi connectivity index (χ1) is 11.6. The number of aliphatic carboxylic acids is 1. The van der Waals surface area contributed by atoms with Gasteiger partial charge in [-0.05, 0) is 50.0 Å². The molecule has 2 fully saturated rings. The lowest BCUT2D eigenvalue weighted by molar-refractivity contribution is -0.142. The van der Waals surface area contributed by atoms with Gasteiger partial charge in [0.05, 0.1) is 0 Å². The van der Waals surface area contributed by atoms with E-state index in [4.69, 9.17) is 0 Å². The molecule has 3 atom stereocenters. The first-order valence-corrected chi connectivity index (χ1v) is 9.17. The number of carbonyl (C=O) groups excluding carboxylic acids is 1. The van der Waals surface area contributed by atoms with Gasteiger partial charge in [0.1, 0.15) is 11.8 Å². The van der Waals surface area contributed by atoms with Gasteiger partial charge in [-0.25, -0.2) is 0 Å². The number of carboxylic acids is 1. The molecule has 1 N–H and O–H groups in total. The first-order valence-electron chi connectivity index (χ1n) is 9.17. The standard InChI is InChI=1S/C20H27NO3/c22-18-8-4-7-15(13-18)9-10-17-11-12-19(20(23)24)21(17)14-16-5-2-1-3-6-16/h1-3,5-6,15,17,19H,4,7-14H2,(H,23,24)/t15-,17-,19-/m1/s1. The van der Waals surface area contributed by atoms with Gasteiger partial charge in [0.25, 0.3) is 0 Å². The highest BCUT2D eigenvalue weighted by atomic mass is 16.4. The summed E-state index contributed by atoms with van der Waals surface area (Å²) in [6.07, 6.45) is 7.40. The van der Waals surface area contributed by atoms with Crippen LogP contribution in [0.2, 0.25) is 0 Å². The molecule has 4 heteroatoms. The number of ketones is 1. The fourth-order valence-corrected chi connectivity index (χ4v) is 4.33. The van der Waals surface area contributed by atoms with Crippen LogP contribution in [-0.4, -0.2) is 33.8 Å². The van der Waals surface area contributed by atoms with Crippen molar-refractivity contribution < 1.29 is 14.7 Å². The molecule has 1 saturated carbocycles. The summed E-state index contributed by atoms with van der Waals surface area (Å²) in [5, 5.41) is 9.54. The highest BCUT2D eigenvalue weighted by Gasteiger charge is 2.37. The van der Waals surface area contributed by atoms with Gasteiger partial charge >= 0.3 is 5.97 Å². The van der Waals surface area contributed by atoms with Crippen LogP contribution in [0, 0.1) is 5.92 Å². The minimum Gasteiger partial charge on any atom is -0.480 e. The van der Waals surface area contributed by atoms with Crippen molar-refractivity contribution in [2.45, 2.75) is 70.0 Å². The Morgan fingerprint density at radius 1 is 1.12 bits per heavy atom. The monoisotopic (exact) mass is 329 g/mol. The van der Waals surface area contributed by atoms with Gasteiger partial charge in [0.2, 0.25) is 0 Å². The van der Waals surface area contributed by atoms with Crippen LogP contribution in [-0.2, 0) is 16.1 Å². The predicted molar refractivity (Wildman–Crippen MR) is 92.6 cm³/mol. The van der Waals surface area contributed by atoms with E-state index in [1.54, 1.807) is 0 Å². The Labute approximate surface area is 143 Å². The van der Waals surface area contributed by atoms with Crippen LogP contribution in [0.4, 0.5) is 0 Å². The largest absolute Gasteiger partial charge is 0.480 e. The molecule has 1 aliphatic heterocycles. The molecule has 0 spiro atoms. The molecule has 1 aromatic rings. The maximum absolute atomic E-state index is 11.6. The summed E-state index contributed by atoms with van der Waals surface area (Å²) in [6.45, 7) is 0.700. The summed E-state index contributed by atoms with van der Waals surface area (Å²) < 4.78 is 0. The third-order valence-corrected chi connectivity index (χ3v) is 5.63. The number of carbonyl (C=O) groups is 2. The van der Waals surface area contributed by atoms with Gasteiger partial charge in [-0.2, -0.15) is 0 Å². The molecule has 0 radical (unpaired) electrons. The number of likely N-dealkylation sites (tertiary alicyclic amines) is 1. The summed E-state index contributed by atoms with van der Waals surface area (Å²) in [4.78, 5) is 25.4. The Kier molecular flexibility index (Phi) is 5.67. The maximum Gasteiger partial charge on any atom is 0.320 e. The normalized spacial score (nSPS) is 28.2. The van der Waals surface area contributed by atoms with E-state index in [0.717, 1.165) is 51.4 Å².